The van der Waals surface area contributed by atoms with Crippen LogP contribution >= 0.6 is 0 Å². The number of aliphatic carboxylic acids is 1. The number of hydrogen-bond acceptors (Lipinski definition) is 4. The summed E-state index contributed by atoms with van der Waals surface area (Å²) in [6.07, 6.45) is -1.43. The second-order valence-corrected chi connectivity index (χ2v) is 8.11. The number of likely N-dealkylation sites (tertiary alicyclic amines) is 1. The van der Waals surface area contributed by atoms with E-state index in [2.05, 4.69) is 9.97 Å². The molecule has 1 saturated heterocycles. The molecule has 1 aromatic heterocycles. The minimum absolute atomic E-state index is 0.0195. The van der Waals surface area contributed by atoms with E-state index in [1.54, 1.807) is 0 Å². The number of aromatic nitrogens is 2. The van der Waals surface area contributed by atoms with Crippen LogP contribution < -0.4 is 0 Å². The maximum absolute atomic E-state index is 13.4. The van der Waals surface area contributed by atoms with Crippen LogP contribution in [0, 0.1) is 24.7 Å². The van der Waals surface area contributed by atoms with E-state index in [0.29, 0.717) is 18.7 Å². The second kappa shape index (κ2) is 6.70. The van der Waals surface area contributed by atoms with E-state index in [0.717, 1.165) is 19.3 Å². The first-order valence-corrected chi connectivity index (χ1v) is 9.63. The number of alkyl halides is 3. The molecule has 1 N–H and O–H groups in total. The van der Waals surface area contributed by atoms with Gasteiger partial charge in [-0.25, -0.2) is 14.8 Å². The van der Waals surface area contributed by atoms with Crippen LogP contribution in [0.2, 0.25) is 0 Å². The van der Waals surface area contributed by atoms with Crippen molar-refractivity contribution >= 4 is 11.9 Å². The number of aryl methyl sites for hydroxylation is 2. The Bertz CT molecular complexity index is 827. The van der Waals surface area contributed by atoms with Crippen LogP contribution in [0.4, 0.5) is 13.2 Å². The van der Waals surface area contributed by atoms with Crippen molar-refractivity contribution in [3.8, 4) is 0 Å². The zero-order valence-electron chi connectivity index (χ0n) is 15.5. The molecule has 1 aliphatic heterocycles. The summed E-state index contributed by atoms with van der Waals surface area (Å²) in [6.45, 7) is 1.81. The molecule has 1 aromatic rings. The highest BCUT2D eigenvalue weighted by molar-refractivity contribution is 5.86. The molecule has 0 radical (unpaired) electrons. The Morgan fingerprint density at radius 1 is 1.18 bits per heavy atom. The number of hydrogen-bond donors (Lipinski definition) is 1. The number of fused-ring (bicyclic) bond motifs is 2. The molecule has 1 saturated carbocycles. The van der Waals surface area contributed by atoms with Crippen LogP contribution in [0.15, 0.2) is 0 Å². The third kappa shape index (κ3) is 3.14. The zero-order valence-corrected chi connectivity index (χ0v) is 15.5. The molecule has 2 fully saturated rings. The molecule has 28 heavy (non-hydrogen) atoms. The summed E-state index contributed by atoms with van der Waals surface area (Å²) in [6, 6.07) is -0.863. The monoisotopic (exact) mass is 397 g/mol. The van der Waals surface area contributed by atoms with Gasteiger partial charge in [0.15, 0.2) is 5.69 Å². The van der Waals surface area contributed by atoms with Gasteiger partial charge in [0.2, 0.25) is 5.91 Å². The predicted molar refractivity (Wildman–Crippen MR) is 91.3 cm³/mol. The van der Waals surface area contributed by atoms with Gasteiger partial charge in [0.25, 0.3) is 0 Å². The zero-order chi connectivity index (χ0) is 20.2. The number of carbonyl (C=O) groups is 2. The summed E-state index contributed by atoms with van der Waals surface area (Å²) in [4.78, 5) is 34.1. The first-order chi connectivity index (χ1) is 13.2. The lowest BCUT2D eigenvalue weighted by Gasteiger charge is -2.31. The molecule has 2 aliphatic carbocycles. The lowest BCUT2D eigenvalue weighted by atomic mass is 9.84. The molecule has 0 bridgehead atoms. The molecule has 0 spiro atoms. The number of halogens is 3. The van der Waals surface area contributed by atoms with Gasteiger partial charge in [0, 0.05) is 23.7 Å². The van der Waals surface area contributed by atoms with E-state index < -0.39 is 29.8 Å². The molecule has 9 heteroatoms. The first-order valence-electron chi connectivity index (χ1n) is 9.63. The first kappa shape index (κ1) is 19.1. The minimum Gasteiger partial charge on any atom is -0.480 e. The van der Waals surface area contributed by atoms with Crippen molar-refractivity contribution in [1.82, 2.24) is 14.9 Å². The van der Waals surface area contributed by atoms with Gasteiger partial charge in [-0.05, 0) is 50.9 Å². The van der Waals surface area contributed by atoms with Crippen LogP contribution in [-0.2, 0) is 28.6 Å². The van der Waals surface area contributed by atoms with Crippen molar-refractivity contribution in [1.29, 1.82) is 0 Å². The molecular weight excluding hydrogens is 375 g/mol. The quantitative estimate of drug-likeness (QED) is 0.830. The fourth-order valence-electron chi connectivity index (χ4n) is 5.26. The fourth-order valence-corrected chi connectivity index (χ4v) is 5.26. The maximum atomic E-state index is 13.4. The van der Waals surface area contributed by atoms with Crippen molar-refractivity contribution < 1.29 is 27.9 Å². The maximum Gasteiger partial charge on any atom is 0.433 e. The second-order valence-electron chi connectivity index (χ2n) is 8.11. The normalized spacial score (nSPS) is 29.5. The van der Waals surface area contributed by atoms with Crippen molar-refractivity contribution in [2.45, 2.75) is 57.7 Å². The fraction of sp³-hybridized carbons (Fsp3) is 0.684. The van der Waals surface area contributed by atoms with Gasteiger partial charge in [-0.3, -0.25) is 4.79 Å². The average molecular weight is 397 g/mol. The van der Waals surface area contributed by atoms with Crippen molar-refractivity contribution in [3.63, 3.8) is 0 Å². The van der Waals surface area contributed by atoms with Gasteiger partial charge >= 0.3 is 12.1 Å². The molecule has 1 amide bonds. The smallest absolute Gasteiger partial charge is 0.433 e. The Balaban J connectivity index is 1.61. The van der Waals surface area contributed by atoms with E-state index in [9.17, 15) is 27.9 Å². The van der Waals surface area contributed by atoms with Crippen molar-refractivity contribution in [2.24, 2.45) is 17.8 Å². The summed E-state index contributed by atoms with van der Waals surface area (Å²) in [5.41, 5.74) is -0.647. The molecular formula is C19H22F3N3O3. The van der Waals surface area contributed by atoms with Crippen molar-refractivity contribution in [3.05, 3.63) is 22.8 Å². The van der Waals surface area contributed by atoms with E-state index in [-0.39, 0.29) is 42.0 Å². The molecule has 4 rings (SSSR count). The third-order valence-electron chi connectivity index (χ3n) is 6.43. The van der Waals surface area contributed by atoms with Crippen LogP contribution in [-0.4, -0.2) is 44.4 Å². The standard InChI is InChI=1S/C19H22F3N3O3/c1-9-23-14-6-5-10(7-13(14)16(24-9)19(20,21)22)17(26)25-8-11-3-2-4-12(11)15(25)18(27)28/h10-12,15H,2-8H2,1H3,(H,27,28)/t10?,11-,12-,15+/m0/s1. The average Bonchev–Trinajstić information content (AvgIpc) is 3.19. The van der Waals surface area contributed by atoms with Crippen LogP contribution in [0.5, 0.6) is 0 Å². The van der Waals surface area contributed by atoms with Crippen LogP contribution in [0.25, 0.3) is 0 Å². The Kier molecular flexibility index (Phi) is 4.58. The summed E-state index contributed by atoms with van der Waals surface area (Å²) in [5, 5.41) is 9.65. The lowest BCUT2D eigenvalue weighted by molar-refractivity contribution is -0.151. The van der Waals surface area contributed by atoms with Gasteiger partial charge in [-0.15, -0.1) is 0 Å². The molecule has 6 nitrogen and oxygen atoms in total. The van der Waals surface area contributed by atoms with E-state index in [1.165, 1.54) is 11.8 Å². The predicted octanol–water partition coefficient (Wildman–Crippen LogP) is 2.62. The van der Waals surface area contributed by atoms with Gasteiger partial charge in [0.1, 0.15) is 11.9 Å². The number of carboxylic acid groups (broad SMARTS) is 1. The molecule has 1 unspecified atom stereocenters. The number of carbonyl (C=O) groups excluding carboxylic acids is 1. The number of nitrogens with zero attached hydrogens (tertiary/aromatic N) is 3. The summed E-state index contributed by atoms with van der Waals surface area (Å²) >= 11 is 0. The van der Waals surface area contributed by atoms with Crippen molar-refractivity contribution in [2.75, 3.05) is 6.54 Å². The summed E-state index contributed by atoms with van der Waals surface area (Å²) in [5.74, 6) is -1.84. The number of carboxylic acids is 1. The Labute approximate surface area is 160 Å². The van der Waals surface area contributed by atoms with Gasteiger partial charge in [-0.2, -0.15) is 13.2 Å². The highest BCUT2D eigenvalue weighted by Crippen LogP contribution is 2.44. The summed E-state index contributed by atoms with van der Waals surface area (Å²) < 4.78 is 40.3. The Hall–Kier alpha value is -2.19. The topological polar surface area (TPSA) is 83.4 Å². The Morgan fingerprint density at radius 2 is 1.93 bits per heavy atom. The SMILES string of the molecule is Cc1nc2c(c(C(F)(F)F)n1)CC(C(=O)N1C[C@@H]3CCC[C@@H]3[C@@H]1C(=O)O)CC2. The highest BCUT2D eigenvalue weighted by atomic mass is 19.4. The van der Waals surface area contributed by atoms with E-state index >= 15 is 0 Å². The van der Waals surface area contributed by atoms with Gasteiger partial charge in [-0.1, -0.05) is 6.42 Å². The largest absolute Gasteiger partial charge is 0.480 e. The number of amides is 1. The van der Waals surface area contributed by atoms with Gasteiger partial charge < -0.3 is 10.0 Å². The van der Waals surface area contributed by atoms with E-state index in [1.807, 2.05) is 0 Å². The van der Waals surface area contributed by atoms with Crippen LogP contribution in [0.3, 0.4) is 0 Å². The molecule has 3 aliphatic rings. The summed E-state index contributed by atoms with van der Waals surface area (Å²) in [7, 11) is 0. The van der Waals surface area contributed by atoms with E-state index in [4.69, 9.17) is 0 Å². The lowest BCUT2D eigenvalue weighted by Crippen LogP contribution is -2.47. The Morgan fingerprint density at radius 3 is 2.61 bits per heavy atom. The third-order valence-corrected chi connectivity index (χ3v) is 6.43. The van der Waals surface area contributed by atoms with Gasteiger partial charge in [0.05, 0.1) is 0 Å². The minimum atomic E-state index is -4.61. The molecule has 4 atom stereocenters. The molecule has 152 valence electrons. The van der Waals surface area contributed by atoms with Crippen LogP contribution in [0.1, 0.15) is 48.5 Å². The highest BCUT2D eigenvalue weighted by Gasteiger charge is 2.51. The molecule has 0 aromatic carbocycles. The number of rotatable bonds is 2. The molecule has 2 heterocycles.